The first-order chi connectivity index (χ1) is 9.84. The van der Waals surface area contributed by atoms with Crippen molar-refractivity contribution in [3.8, 4) is 11.8 Å². The van der Waals surface area contributed by atoms with Crippen molar-refractivity contribution in [1.29, 1.82) is 0 Å². The molecule has 1 fully saturated rings. The molecule has 0 aromatic heterocycles. The maximum atomic E-state index is 3.33. The minimum Gasteiger partial charge on any atom is -0.291 e. The van der Waals surface area contributed by atoms with Gasteiger partial charge >= 0.3 is 0 Å². The molecule has 1 saturated heterocycles. The molecule has 1 aromatic carbocycles. The Morgan fingerprint density at radius 1 is 1.15 bits per heavy atom. The van der Waals surface area contributed by atoms with Crippen LogP contribution in [0, 0.1) is 11.8 Å². The van der Waals surface area contributed by atoms with Crippen molar-refractivity contribution >= 4 is 23.5 Å². The molecule has 1 aromatic rings. The lowest BCUT2D eigenvalue weighted by Gasteiger charge is -2.19. The van der Waals surface area contributed by atoms with Crippen molar-refractivity contribution in [2.24, 2.45) is 0 Å². The van der Waals surface area contributed by atoms with E-state index in [9.17, 15) is 0 Å². The summed E-state index contributed by atoms with van der Waals surface area (Å²) < 4.78 is 0.792. The van der Waals surface area contributed by atoms with E-state index in [2.05, 4.69) is 77.6 Å². The van der Waals surface area contributed by atoms with Gasteiger partial charge in [-0.15, -0.1) is 29.4 Å². The van der Waals surface area contributed by atoms with Gasteiger partial charge in [0, 0.05) is 13.0 Å². The molecule has 2 rings (SSSR count). The molecular weight excluding hydrogens is 282 g/mol. The first kappa shape index (κ1) is 15.8. The van der Waals surface area contributed by atoms with Gasteiger partial charge in [-0.25, -0.2) is 0 Å². The summed E-state index contributed by atoms with van der Waals surface area (Å²) in [5.41, 5.74) is 1.35. The number of rotatable bonds is 5. The third kappa shape index (κ3) is 6.26. The molecule has 0 unspecified atom stereocenters. The van der Waals surface area contributed by atoms with Gasteiger partial charge in [0.05, 0.1) is 11.1 Å². The molecule has 108 valence electrons. The highest BCUT2D eigenvalue weighted by Gasteiger charge is 2.12. The number of hydrogen-bond acceptors (Lipinski definition) is 3. The van der Waals surface area contributed by atoms with Gasteiger partial charge in [0.15, 0.2) is 0 Å². The Morgan fingerprint density at radius 3 is 2.65 bits per heavy atom. The van der Waals surface area contributed by atoms with Crippen molar-refractivity contribution in [2.45, 2.75) is 30.4 Å². The standard InChI is InChI=1S/C17H23NS2/c1-18(15-16-9-4-2-5-10-16)12-7-3-6-11-17-19-13-8-14-20-17/h2,4-5,9-10,17H,6,8,11-15H2,1H3. The molecule has 3 heteroatoms. The number of hydrogen-bond donors (Lipinski definition) is 0. The molecule has 0 amide bonds. The van der Waals surface area contributed by atoms with E-state index >= 15 is 0 Å². The normalized spacial score (nSPS) is 15.9. The van der Waals surface area contributed by atoms with E-state index in [4.69, 9.17) is 0 Å². The van der Waals surface area contributed by atoms with E-state index in [-0.39, 0.29) is 0 Å². The maximum absolute atomic E-state index is 3.33. The zero-order chi connectivity index (χ0) is 14.0. The highest BCUT2D eigenvalue weighted by atomic mass is 32.2. The summed E-state index contributed by atoms with van der Waals surface area (Å²) in [7, 11) is 2.13. The van der Waals surface area contributed by atoms with Crippen molar-refractivity contribution in [3.63, 3.8) is 0 Å². The summed E-state index contributed by atoms with van der Waals surface area (Å²) in [6, 6.07) is 10.6. The fourth-order valence-electron chi connectivity index (χ4n) is 2.12. The minimum atomic E-state index is 0.792. The number of thioether (sulfide) groups is 2. The topological polar surface area (TPSA) is 3.24 Å². The van der Waals surface area contributed by atoms with Crippen molar-refractivity contribution in [2.75, 3.05) is 25.1 Å². The Balaban J connectivity index is 1.61. The molecule has 0 aliphatic carbocycles. The lowest BCUT2D eigenvalue weighted by Crippen LogP contribution is -2.17. The molecule has 0 saturated carbocycles. The summed E-state index contributed by atoms with van der Waals surface area (Å²) in [5, 5.41) is 0. The molecule has 0 atom stereocenters. The maximum Gasteiger partial charge on any atom is 0.0601 e. The van der Waals surface area contributed by atoms with E-state index in [0.29, 0.717) is 0 Å². The Bertz CT molecular complexity index is 429. The van der Waals surface area contributed by atoms with Crippen molar-refractivity contribution in [3.05, 3.63) is 35.9 Å². The van der Waals surface area contributed by atoms with Gasteiger partial charge in [-0.1, -0.05) is 36.3 Å². The summed E-state index contributed by atoms with van der Waals surface area (Å²) in [5.74, 6) is 9.31. The van der Waals surface area contributed by atoms with Gasteiger partial charge in [0.25, 0.3) is 0 Å². The Morgan fingerprint density at radius 2 is 1.90 bits per heavy atom. The third-order valence-electron chi connectivity index (χ3n) is 3.17. The van der Waals surface area contributed by atoms with Crippen LogP contribution in [0.5, 0.6) is 0 Å². The predicted molar refractivity (Wildman–Crippen MR) is 93.1 cm³/mol. The van der Waals surface area contributed by atoms with E-state index in [0.717, 1.165) is 24.1 Å². The molecule has 1 nitrogen and oxygen atoms in total. The Kier molecular flexibility index (Phi) is 7.43. The molecule has 1 aliphatic heterocycles. The first-order valence-corrected chi connectivity index (χ1v) is 9.36. The van der Waals surface area contributed by atoms with Crippen LogP contribution in [0.25, 0.3) is 0 Å². The van der Waals surface area contributed by atoms with E-state index in [1.807, 2.05) is 0 Å². The van der Waals surface area contributed by atoms with Crippen LogP contribution >= 0.6 is 23.5 Å². The average Bonchev–Trinajstić information content (AvgIpc) is 2.49. The largest absolute Gasteiger partial charge is 0.291 e. The second-order valence-corrected chi connectivity index (χ2v) is 7.99. The molecule has 0 bridgehead atoms. The fourth-order valence-corrected chi connectivity index (χ4v) is 4.99. The smallest absolute Gasteiger partial charge is 0.0601 e. The zero-order valence-electron chi connectivity index (χ0n) is 12.2. The van der Waals surface area contributed by atoms with E-state index in [1.165, 1.54) is 29.9 Å². The van der Waals surface area contributed by atoms with Crippen LogP contribution < -0.4 is 0 Å². The summed E-state index contributed by atoms with van der Waals surface area (Å²) >= 11 is 4.23. The average molecular weight is 306 g/mol. The monoisotopic (exact) mass is 305 g/mol. The van der Waals surface area contributed by atoms with Gasteiger partial charge in [-0.05, 0) is 37.0 Å². The van der Waals surface area contributed by atoms with Crippen LogP contribution in [0.3, 0.4) is 0 Å². The molecule has 0 spiro atoms. The lowest BCUT2D eigenvalue weighted by atomic mass is 10.2. The molecule has 0 N–H and O–H groups in total. The van der Waals surface area contributed by atoms with Gasteiger partial charge in [-0.2, -0.15) is 0 Å². The highest BCUT2D eigenvalue weighted by molar-refractivity contribution is 8.17. The molecule has 0 radical (unpaired) electrons. The molecular formula is C17H23NS2. The van der Waals surface area contributed by atoms with E-state index < -0.39 is 0 Å². The number of nitrogens with zero attached hydrogens (tertiary/aromatic N) is 1. The van der Waals surface area contributed by atoms with E-state index in [1.54, 1.807) is 0 Å². The van der Waals surface area contributed by atoms with Crippen LogP contribution in [0.15, 0.2) is 30.3 Å². The Hall–Kier alpha value is -0.560. The zero-order valence-corrected chi connectivity index (χ0v) is 13.8. The van der Waals surface area contributed by atoms with Crippen LogP contribution in [-0.2, 0) is 6.54 Å². The van der Waals surface area contributed by atoms with Crippen LogP contribution in [0.2, 0.25) is 0 Å². The van der Waals surface area contributed by atoms with Gasteiger partial charge in [-0.3, -0.25) is 4.90 Å². The Labute approximate surface area is 131 Å². The third-order valence-corrected chi connectivity index (χ3v) is 6.25. The second-order valence-electron chi connectivity index (χ2n) is 5.07. The first-order valence-electron chi connectivity index (χ1n) is 7.26. The van der Waals surface area contributed by atoms with Crippen molar-refractivity contribution < 1.29 is 0 Å². The molecule has 1 heterocycles. The van der Waals surface area contributed by atoms with Gasteiger partial charge in [0.1, 0.15) is 0 Å². The van der Waals surface area contributed by atoms with Gasteiger partial charge < -0.3 is 0 Å². The van der Waals surface area contributed by atoms with Crippen molar-refractivity contribution in [1.82, 2.24) is 4.90 Å². The van der Waals surface area contributed by atoms with Crippen LogP contribution in [0.1, 0.15) is 24.8 Å². The summed E-state index contributed by atoms with van der Waals surface area (Å²) in [6.07, 6.45) is 3.66. The highest BCUT2D eigenvalue weighted by Crippen LogP contribution is 2.33. The second kappa shape index (κ2) is 9.39. The lowest BCUT2D eigenvalue weighted by molar-refractivity contribution is 0.369. The summed E-state index contributed by atoms with van der Waals surface area (Å²) in [4.78, 5) is 2.27. The number of benzene rings is 1. The SMILES string of the molecule is CN(CC#CCCC1SCCCS1)Cc1ccccc1. The predicted octanol–water partition coefficient (Wildman–Crippen LogP) is 4.10. The van der Waals surface area contributed by atoms with Crippen LogP contribution in [0.4, 0.5) is 0 Å². The summed E-state index contributed by atoms with van der Waals surface area (Å²) in [6.45, 7) is 1.84. The quantitative estimate of drug-likeness (QED) is 0.754. The fraction of sp³-hybridized carbons (Fsp3) is 0.529. The molecule has 1 aliphatic rings. The minimum absolute atomic E-state index is 0.792. The van der Waals surface area contributed by atoms with Crippen LogP contribution in [-0.4, -0.2) is 34.6 Å². The molecule has 20 heavy (non-hydrogen) atoms. The van der Waals surface area contributed by atoms with Gasteiger partial charge in [0.2, 0.25) is 0 Å².